The smallest absolute Gasteiger partial charge is 0.151 e. The maximum Gasteiger partial charge on any atom is 0.151 e. The van der Waals surface area contributed by atoms with Crippen molar-refractivity contribution in [1.29, 1.82) is 5.26 Å². The molecule has 0 unspecified atom stereocenters. The fourth-order valence-electron chi connectivity index (χ4n) is 4.29. The number of fused-ring (bicyclic) bond motifs is 1. The van der Waals surface area contributed by atoms with Crippen molar-refractivity contribution in [3.05, 3.63) is 95.9 Å². The monoisotopic (exact) mass is 473 g/mol. The van der Waals surface area contributed by atoms with E-state index in [4.69, 9.17) is 14.8 Å². The third kappa shape index (κ3) is 4.39. The van der Waals surface area contributed by atoms with E-state index < -0.39 is 0 Å². The lowest BCUT2D eigenvalue weighted by molar-refractivity contribution is 0.315. The molecular weight excluding hydrogens is 446 g/mol. The van der Waals surface area contributed by atoms with Crippen LogP contribution in [0.3, 0.4) is 0 Å². The summed E-state index contributed by atoms with van der Waals surface area (Å²) >= 11 is 0. The van der Waals surface area contributed by atoms with Gasteiger partial charge in [-0.05, 0) is 67.4 Å². The molecule has 2 aromatic heterocycles. The minimum Gasteiger partial charge on any atom is -0.493 e. The maximum absolute atomic E-state index is 10.1. The Kier molecular flexibility index (Phi) is 6.38. The lowest BCUT2D eigenvalue weighted by Gasteiger charge is -2.09. The van der Waals surface area contributed by atoms with Crippen LogP contribution in [-0.2, 0) is 7.05 Å². The van der Waals surface area contributed by atoms with E-state index in [1.807, 2.05) is 102 Å². The number of nitriles is 1. The Morgan fingerprint density at radius 3 is 2.56 bits per heavy atom. The summed E-state index contributed by atoms with van der Waals surface area (Å²) in [5.74, 6) is 1.49. The number of allylic oxidation sites excluding steroid dienone is 1. The number of nitrogens with zero attached hydrogens (tertiary/aromatic N) is 5. The van der Waals surface area contributed by atoms with Crippen LogP contribution in [-0.4, -0.2) is 25.9 Å². The average molecular weight is 474 g/mol. The van der Waals surface area contributed by atoms with Gasteiger partial charge in [0.2, 0.25) is 0 Å². The summed E-state index contributed by atoms with van der Waals surface area (Å²) in [6.07, 6.45) is 4.79. The second kappa shape index (κ2) is 9.93. The van der Waals surface area contributed by atoms with Crippen molar-refractivity contribution in [2.75, 3.05) is 6.61 Å². The second-order valence-electron chi connectivity index (χ2n) is 8.69. The summed E-state index contributed by atoms with van der Waals surface area (Å²) in [4.78, 5) is 4.73. The third-order valence-corrected chi connectivity index (χ3v) is 6.12. The van der Waals surface area contributed by atoms with Gasteiger partial charge in [0, 0.05) is 24.4 Å². The maximum atomic E-state index is 10.1. The molecule has 0 saturated heterocycles. The van der Waals surface area contributed by atoms with Crippen molar-refractivity contribution in [3.8, 4) is 28.8 Å². The van der Waals surface area contributed by atoms with Gasteiger partial charge >= 0.3 is 0 Å². The molecular formula is C30H27N5O. The number of ether oxygens (including phenoxy) is 1. The Balaban J connectivity index is 1.65. The van der Waals surface area contributed by atoms with E-state index in [0.29, 0.717) is 18.0 Å². The van der Waals surface area contributed by atoms with Crippen LogP contribution in [0, 0.1) is 18.3 Å². The van der Waals surface area contributed by atoms with Gasteiger partial charge in [0.05, 0.1) is 28.9 Å². The van der Waals surface area contributed by atoms with Crippen LogP contribution in [0.1, 0.15) is 30.3 Å². The normalized spacial score (nSPS) is 11.6. The van der Waals surface area contributed by atoms with Crippen molar-refractivity contribution < 1.29 is 4.74 Å². The van der Waals surface area contributed by atoms with Crippen LogP contribution in [0.2, 0.25) is 0 Å². The van der Waals surface area contributed by atoms with Crippen molar-refractivity contribution >= 4 is 22.7 Å². The van der Waals surface area contributed by atoms with Gasteiger partial charge in [-0.15, -0.1) is 0 Å². The van der Waals surface area contributed by atoms with E-state index in [1.54, 1.807) is 0 Å². The topological polar surface area (TPSA) is 68.7 Å². The third-order valence-electron chi connectivity index (χ3n) is 6.12. The van der Waals surface area contributed by atoms with E-state index in [1.165, 1.54) is 0 Å². The van der Waals surface area contributed by atoms with Gasteiger partial charge in [0.1, 0.15) is 17.5 Å². The first-order valence-electron chi connectivity index (χ1n) is 12.0. The van der Waals surface area contributed by atoms with Crippen molar-refractivity contribution in [3.63, 3.8) is 0 Å². The molecule has 5 aromatic rings. The Morgan fingerprint density at radius 2 is 1.83 bits per heavy atom. The fraction of sp³-hybridized carbons (Fsp3) is 0.167. The van der Waals surface area contributed by atoms with Gasteiger partial charge in [0.25, 0.3) is 0 Å². The van der Waals surface area contributed by atoms with Crippen molar-refractivity contribution in [1.82, 2.24) is 19.3 Å². The van der Waals surface area contributed by atoms with E-state index in [0.717, 1.165) is 51.3 Å². The highest BCUT2D eigenvalue weighted by molar-refractivity contribution is 5.93. The van der Waals surface area contributed by atoms with E-state index >= 15 is 0 Å². The summed E-state index contributed by atoms with van der Waals surface area (Å²) in [6, 6.07) is 26.3. The number of aromatic nitrogens is 4. The average Bonchev–Trinajstić information content (AvgIpc) is 3.48. The zero-order valence-electron chi connectivity index (χ0n) is 20.6. The fourth-order valence-corrected chi connectivity index (χ4v) is 4.29. The molecule has 6 heteroatoms. The van der Waals surface area contributed by atoms with Crippen LogP contribution in [0.5, 0.6) is 5.75 Å². The summed E-state index contributed by atoms with van der Waals surface area (Å²) in [5, 5.41) is 15.0. The Morgan fingerprint density at radius 1 is 1.06 bits per heavy atom. The first kappa shape index (κ1) is 23.1. The van der Waals surface area contributed by atoms with Crippen LogP contribution >= 0.6 is 0 Å². The van der Waals surface area contributed by atoms with Gasteiger partial charge in [-0.25, -0.2) is 9.67 Å². The van der Waals surface area contributed by atoms with E-state index in [2.05, 4.69) is 19.1 Å². The predicted octanol–water partition coefficient (Wildman–Crippen LogP) is 6.59. The predicted molar refractivity (Wildman–Crippen MR) is 144 cm³/mol. The molecule has 0 aliphatic carbocycles. The molecule has 36 heavy (non-hydrogen) atoms. The van der Waals surface area contributed by atoms with Gasteiger partial charge in [-0.2, -0.15) is 10.4 Å². The minimum atomic E-state index is 0.474. The largest absolute Gasteiger partial charge is 0.493 e. The molecule has 6 nitrogen and oxygen atoms in total. The highest BCUT2D eigenvalue weighted by atomic mass is 16.5. The SMILES string of the molecule is CCCOc1ccc(-c2nn(-c3ccccc3)cc2/C=C(\C#N)c2nc3ccccc3n2C)cc1C. The van der Waals surface area contributed by atoms with Crippen LogP contribution in [0.4, 0.5) is 0 Å². The molecule has 0 atom stereocenters. The summed E-state index contributed by atoms with van der Waals surface area (Å²) in [6.45, 7) is 4.81. The number of hydrogen-bond donors (Lipinski definition) is 0. The summed E-state index contributed by atoms with van der Waals surface area (Å²) < 4.78 is 9.67. The second-order valence-corrected chi connectivity index (χ2v) is 8.69. The lowest BCUT2D eigenvalue weighted by Crippen LogP contribution is -1.98. The zero-order chi connectivity index (χ0) is 25.1. The van der Waals surface area contributed by atoms with Crippen LogP contribution in [0.25, 0.3) is 39.6 Å². The molecule has 0 radical (unpaired) electrons. The molecule has 178 valence electrons. The molecule has 0 aliphatic rings. The number of rotatable bonds is 7. The Labute approximate surface area is 210 Å². The molecule has 5 rings (SSSR count). The molecule has 0 spiro atoms. The molecule has 0 aliphatic heterocycles. The number of aryl methyl sites for hydroxylation is 2. The molecule has 0 N–H and O–H groups in total. The minimum absolute atomic E-state index is 0.474. The van der Waals surface area contributed by atoms with Gasteiger partial charge in [-0.3, -0.25) is 0 Å². The van der Waals surface area contributed by atoms with Gasteiger partial charge in [0.15, 0.2) is 5.82 Å². The number of para-hydroxylation sites is 3. The van der Waals surface area contributed by atoms with E-state index in [-0.39, 0.29) is 0 Å². The molecule has 0 amide bonds. The molecule has 2 heterocycles. The standard InChI is InChI=1S/C30H27N5O/c1-4-16-36-28-15-14-22(17-21(28)2)29-24(20-35(33-29)25-10-6-5-7-11-25)18-23(19-31)30-32-26-12-8-9-13-27(26)34(30)3/h5-15,17-18,20H,4,16H2,1-3H3/b23-18+. The van der Waals surface area contributed by atoms with Gasteiger partial charge in [-0.1, -0.05) is 37.3 Å². The van der Waals surface area contributed by atoms with Crippen LogP contribution in [0.15, 0.2) is 79.0 Å². The van der Waals surface area contributed by atoms with E-state index in [9.17, 15) is 5.26 Å². The number of imidazole rings is 1. The quantitative estimate of drug-likeness (QED) is 0.250. The number of benzene rings is 3. The summed E-state index contributed by atoms with van der Waals surface area (Å²) in [7, 11) is 1.93. The Hall–Kier alpha value is -4.63. The van der Waals surface area contributed by atoms with Crippen molar-refractivity contribution in [2.45, 2.75) is 20.3 Å². The molecule has 0 fully saturated rings. The first-order valence-corrected chi connectivity index (χ1v) is 12.0. The zero-order valence-corrected chi connectivity index (χ0v) is 20.6. The molecule has 0 bridgehead atoms. The van der Waals surface area contributed by atoms with Crippen LogP contribution < -0.4 is 4.74 Å². The number of hydrogen-bond acceptors (Lipinski definition) is 4. The summed E-state index contributed by atoms with van der Waals surface area (Å²) in [5.41, 5.74) is 6.88. The van der Waals surface area contributed by atoms with Crippen molar-refractivity contribution in [2.24, 2.45) is 7.05 Å². The first-order chi connectivity index (χ1) is 17.6. The highest BCUT2D eigenvalue weighted by Gasteiger charge is 2.17. The molecule has 0 saturated carbocycles. The highest BCUT2D eigenvalue weighted by Crippen LogP contribution is 2.31. The Bertz CT molecular complexity index is 1600. The molecule has 3 aromatic carbocycles. The van der Waals surface area contributed by atoms with Gasteiger partial charge < -0.3 is 9.30 Å². The lowest BCUT2D eigenvalue weighted by atomic mass is 10.0.